The lowest BCUT2D eigenvalue weighted by Gasteiger charge is -2.29. The van der Waals surface area contributed by atoms with Crippen molar-refractivity contribution in [3.63, 3.8) is 0 Å². The third-order valence-electron chi connectivity index (χ3n) is 6.32. The molecule has 0 spiro atoms. The number of ether oxygens (including phenoxy) is 2. The summed E-state index contributed by atoms with van der Waals surface area (Å²) in [6.45, 7) is 2.11. The van der Waals surface area contributed by atoms with E-state index in [0.29, 0.717) is 6.61 Å². The SMILES string of the molecule is COc1ccc2c(c1)C1=NN(C(C)=O)[C@H](c3ccc(OCc4ccccc4)cc3)[C@@H]1CC2. The molecule has 1 amide bonds. The highest BCUT2D eigenvalue weighted by Gasteiger charge is 2.43. The standard InChI is InChI=1S/C27H26N2O3/c1-18(30)29-27(21-9-12-22(13-10-21)32-17-19-6-4-3-5-7-19)24-15-11-20-8-14-23(31-2)16-25(20)26(24)28-29/h3-10,12-14,16,24,27H,11,15,17H2,1-2H3/t24-,27-/m1/s1. The summed E-state index contributed by atoms with van der Waals surface area (Å²) in [6.07, 6.45) is 1.92. The Morgan fingerprint density at radius 3 is 2.50 bits per heavy atom. The van der Waals surface area contributed by atoms with Crippen LogP contribution in [0.1, 0.15) is 41.6 Å². The molecule has 5 rings (SSSR count). The van der Waals surface area contributed by atoms with Crippen molar-refractivity contribution >= 4 is 11.6 Å². The van der Waals surface area contributed by atoms with Crippen LogP contribution in [0.2, 0.25) is 0 Å². The normalized spacial score (nSPS) is 19.1. The molecule has 2 atom stereocenters. The Hall–Kier alpha value is -3.60. The molecule has 1 heterocycles. The highest BCUT2D eigenvalue weighted by Crippen LogP contribution is 2.44. The van der Waals surface area contributed by atoms with Crippen molar-refractivity contribution in [3.05, 3.63) is 95.1 Å². The number of hydrogen-bond acceptors (Lipinski definition) is 4. The largest absolute Gasteiger partial charge is 0.497 e. The zero-order valence-electron chi connectivity index (χ0n) is 18.3. The summed E-state index contributed by atoms with van der Waals surface area (Å²) in [5.41, 5.74) is 5.54. The van der Waals surface area contributed by atoms with E-state index in [4.69, 9.17) is 14.6 Å². The van der Waals surface area contributed by atoms with E-state index in [9.17, 15) is 4.79 Å². The van der Waals surface area contributed by atoms with Crippen molar-refractivity contribution in [2.45, 2.75) is 32.4 Å². The first-order valence-electron chi connectivity index (χ1n) is 11.0. The number of hydrogen-bond donors (Lipinski definition) is 0. The van der Waals surface area contributed by atoms with Crippen molar-refractivity contribution in [2.24, 2.45) is 11.0 Å². The van der Waals surface area contributed by atoms with Gasteiger partial charge in [0, 0.05) is 18.4 Å². The van der Waals surface area contributed by atoms with E-state index in [1.165, 1.54) is 5.56 Å². The Labute approximate surface area is 188 Å². The maximum atomic E-state index is 12.5. The molecule has 1 aliphatic carbocycles. The molecule has 32 heavy (non-hydrogen) atoms. The molecule has 162 valence electrons. The van der Waals surface area contributed by atoms with Crippen LogP contribution in [0.15, 0.2) is 77.9 Å². The lowest BCUT2D eigenvalue weighted by molar-refractivity contribution is -0.131. The third-order valence-corrected chi connectivity index (χ3v) is 6.32. The van der Waals surface area contributed by atoms with Gasteiger partial charge >= 0.3 is 0 Å². The molecule has 1 aliphatic heterocycles. The predicted molar refractivity (Wildman–Crippen MR) is 124 cm³/mol. The van der Waals surface area contributed by atoms with Crippen LogP contribution in [0.3, 0.4) is 0 Å². The van der Waals surface area contributed by atoms with Crippen molar-refractivity contribution in [3.8, 4) is 11.5 Å². The second-order valence-corrected chi connectivity index (χ2v) is 8.31. The number of hydrazone groups is 1. The highest BCUT2D eigenvalue weighted by atomic mass is 16.5. The van der Waals surface area contributed by atoms with E-state index in [0.717, 1.165) is 46.7 Å². The smallest absolute Gasteiger partial charge is 0.240 e. The van der Waals surface area contributed by atoms with E-state index < -0.39 is 0 Å². The Bertz CT molecular complexity index is 1160. The molecule has 2 aliphatic rings. The second kappa shape index (κ2) is 8.50. The molecule has 0 fully saturated rings. The van der Waals surface area contributed by atoms with Gasteiger partial charge in [-0.25, -0.2) is 5.01 Å². The Morgan fingerprint density at radius 2 is 1.78 bits per heavy atom. The van der Waals surface area contributed by atoms with Gasteiger partial charge in [-0.2, -0.15) is 5.10 Å². The number of fused-ring (bicyclic) bond motifs is 3. The average molecular weight is 427 g/mol. The Kier molecular flexibility index (Phi) is 5.39. The maximum Gasteiger partial charge on any atom is 0.240 e. The van der Waals surface area contributed by atoms with Gasteiger partial charge in [-0.15, -0.1) is 0 Å². The monoisotopic (exact) mass is 426 g/mol. The van der Waals surface area contributed by atoms with E-state index >= 15 is 0 Å². The summed E-state index contributed by atoms with van der Waals surface area (Å²) >= 11 is 0. The van der Waals surface area contributed by atoms with Gasteiger partial charge in [0.2, 0.25) is 5.91 Å². The van der Waals surface area contributed by atoms with Gasteiger partial charge in [0.15, 0.2) is 0 Å². The number of methoxy groups -OCH3 is 1. The minimum atomic E-state index is -0.106. The van der Waals surface area contributed by atoms with E-state index in [1.54, 1.807) is 19.0 Å². The summed E-state index contributed by atoms with van der Waals surface area (Å²) in [5.74, 6) is 1.73. The number of carbonyl (C=O) groups excluding carboxylic acids is 1. The van der Waals surface area contributed by atoms with E-state index in [-0.39, 0.29) is 17.9 Å². The van der Waals surface area contributed by atoms with Crippen LogP contribution in [-0.4, -0.2) is 23.7 Å². The van der Waals surface area contributed by atoms with Gasteiger partial charge in [-0.1, -0.05) is 48.5 Å². The maximum absolute atomic E-state index is 12.5. The fourth-order valence-electron chi connectivity index (χ4n) is 4.71. The molecule has 3 aromatic carbocycles. The summed E-state index contributed by atoms with van der Waals surface area (Å²) in [7, 11) is 1.67. The lowest BCUT2D eigenvalue weighted by Crippen LogP contribution is -2.31. The van der Waals surface area contributed by atoms with Crippen LogP contribution in [0.5, 0.6) is 11.5 Å². The van der Waals surface area contributed by atoms with E-state index in [2.05, 4.69) is 18.2 Å². The fraction of sp³-hybridized carbons (Fsp3) is 0.259. The van der Waals surface area contributed by atoms with Crippen molar-refractivity contribution in [2.75, 3.05) is 7.11 Å². The first-order chi connectivity index (χ1) is 15.6. The summed E-state index contributed by atoms with van der Waals surface area (Å²) in [5, 5.41) is 6.44. The molecule has 0 aromatic heterocycles. The Morgan fingerprint density at radius 1 is 1.03 bits per heavy atom. The second-order valence-electron chi connectivity index (χ2n) is 8.31. The van der Waals surface area contributed by atoms with Crippen molar-refractivity contribution < 1.29 is 14.3 Å². The summed E-state index contributed by atoms with van der Waals surface area (Å²) in [6, 6.07) is 24.2. The highest BCUT2D eigenvalue weighted by molar-refractivity contribution is 6.07. The zero-order valence-corrected chi connectivity index (χ0v) is 18.3. The zero-order chi connectivity index (χ0) is 22.1. The van der Waals surface area contributed by atoms with Crippen LogP contribution in [0.4, 0.5) is 0 Å². The van der Waals surface area contributed by atoms with Crippen LogP contribution < -0.4 is 9.47 Å². The van der Waals surface area contributed by atoms with Gasteiger partial charge in [0.25, 0.3) is 0 Å². The molecule has 0 bridgehead atoms. The molecule has 5 nitrogen and oxygen atoms in total. The molecule has 0 N–H and O–H groups in total. The van der Waals surface area contributed by atoms with Crippen LogP contribution in [-0.2, 0) is 17.8 Å². The molecule has 0 saturated carbocycles. The Balaban J connectivity index is 1.40. The van der Waals surface area contributed by atoms with Crippen molar-refractivity contribution in [1.82, 2.24) is 5.01 Å². The number of nitrogens with zero attached hydrogens (tertiary/aromatic N) is 2. The van der Waals surface area contributed by atoms with Gasteiger partial charge in [-0.05, 0) is 53.8 Å². The fourth-order valence-corrected chi connectivity index (χ4v) is 4.71. The molecular weight excluding hydrogens is 400 g/mol. The molecule has 3 aromatic rings. The first-order valence-corrected chi connectivity index (χ1v) is 11.0. The van der Waals surface area contributed by atoms with Crippen molar-refractivity contribution in [1.29, 1.82) is 0 Å². The van der Waals surface area contributed by atoms with Gasteiger partial charge in [0.05, 0.1) is 18.9 Å². The minimum absolute atomic E-state index is 0.0502. The van der Waals surface area contributed by atoms with Crippen LogP contribution in [0.25, 0.3) is 0 Å². The van der Waals surface area contributed by atoms with Gasteiger partial charge < -0.3 is 9.47 Å². The predicted octanol–water partition coefficient (Wildman–Crippen LogP) is 5.14. The third kappa shape index (κ3) is 3.75. The number of carbonyl (C=O) groups is 1. The number of rotatable bonds is 5. The summed E-state index contributed by atoms with van der Waals surface area (Å²) in [4.78, 5) is 12.5. The van der Waals surface area contributed by atoms with E-state index in [1.807, 2.05) is 54.6 Å². The average Bonchev–Trinajstić information content (AvgIpc) is 3.24. The molecule has 0 unspecified atom stereocenters. The quantitative estimate of drug-likeness (QED) is 0.567. The summed E-state index contributed by atoms with van der Waals surface area (Å²) < 4.78 is 11.4. The number of aryl methyl sites for hydroxylation is 1. The lowest BCUT2D eigenvalue weighted by atomic mass is 9.77. The first kappa shape index (κ1) is 20.3. The number of benzene rings is 3. The minimum Gasteiger partial charge on any atom is -0.497 e. The molecule has 5 heteroatoms. The molecule has 0 saturated heterocycles. The number of amides is 1. The van der Waals surface area contributed by atoms with Gasteiger partial charge in [0.1, 0.15) is 18.1 Å². The van der Waals surface area contributed by atoms with Crippen LogP contribution in [0, 0.1) is 5.92 Å². The van der Waals surface area contributed by atoms with Gasteiger partial charge in [-0.3, -0.25) is 4.79 Å². The molecular formula is C27H26N2O3. The van der Waals surface area contributed by atoms with Crippen LogP contribution >= 0.6 is 0 Å². The molecule has 0 radical (unpaired) electrons. The topological polar surface area (TPSA) is 51.1 Å².